The van der Waals surface area contributed by atoms with E-state index in [0.717, 1.165) is 31.3 Å². The number of allylic oxidation sites excluding steroid dienone is 3. The molecule has 0 aromatic carbocycles. The van der Waals surface area contributed by atoms with Crippen LogP contribution in [0.5, 0.6) is 0 Å². The molecule has 0 bridgehead atoms. The lowest BCUT2D eigenvalue weighted by atomic mass is 9.46. The zero-order valence-electron chi connectivity index (χ0n) is 20.7. The minimum atomic E-state index is -0.373. The van der Waals surface area contributed by atoms with Gasteiger partial charge in [-0.3, -0.25) is 4.79 Å². The molecule has 1 saturated heterocycles. The molecule has 3 saturated carbocycles. The second kappa shape index (κ2) is 7.02. The van der Waals surface area contributed by atoms with E-state index < -0.39 is 0 Å². The first kappa shape index (κ1) is 22.8. The number of epoxide rings is 1. The largest absolute Gasteiger partial charge is 0.393 e. The minimum absolute atomic E-state index is 0.0593. The molecule has 4 heteroatoms. The van der Waals surface area contributed by atoms with Crippen molar-refractivity contribution in [2.75, 3.05) is 0 Å². The number of carbonyl (C=O) groups is 1. The lowest BCUT2D eigenvalue weighted by Crippen LogP contribution is -2.55. The summed E-state index contributed by atoms with van der Waals surface area (Å²) >= 11 is 0. The van der Waals surface area contributed by atoms with Gasteiger partial charge in [-0.2, -0.15) is 0 Å². The van der Waals surface area contributed by atoms with E-state index in [1.807, 2.05) is 0 Å². The minimum Gasteiger partial charge on any atom is -0.393 e. The van der Waals surface area contributed by atoms with E-state index in [-0.39, 0.29) is 51.9 Å². The highest BCUT2D eigenvalue weighted by molar-refractivity contribution is 6.01. The van der Waals surface area contributed by atoms with E-state index in [9.17, 15) is 15.0 Å². The van der Waals surface area contributed by atoms with Crippen molar-refractivity contribution in [3.05, 3.63) is 23.8 Å². The zero-order chi connectivity index (χ0) is 23.3. The van der Waals surface area contributed by atoms with Crippen LogP contribution in [0.1, 0.15) is 80.1 Å². The number of aliphatic hydroxyl groups is 2. The predicted molar refractivity (Wildman–Crippen MR) is 125 cm³/mol. The van der Waals surface area contributed by atoms with Gasteiger partial charge in [-0.05, 0) is 100 Å². The number of hydrogen-bond acceptors (Lipinski definition) is 4. The predicted octanol–water partition coefficient (Wildman–Crippen LogP) is 4.84. The van der Waals surface area contributed by atoms with Gasteiger partial charge in [0.15, 0.2) is 5.78 Å². The topological polar surface area (TPSA) is 70.1 Å². The molecule has 0 amide bonds. The molecule has 4 fully saturated rings. The van der Waals surface area contributed by atoms with Crippen molar-refractivity contribution in [2.45, 2.75) is 103 Å². The van der Waals surface area contributed by atoms with Crippen LogP contribution >= 0.6 is 0 Å². The van der Waals surface area contributed by atoms with Crippen LogP contribution in [0.2, 0.25) is 0 Å². The summed E-state index contributed by atoms with van der Waals surface area (Å²) in [5.41, 5.74) is 0.802. The molecule has 2 N–H and O–H groups in total. The van der Waals surface area contributed by atoms with E-state index in [1.165, 1.54) is 0 Å². The molecule has 0 spiro atoms. The smallest absolute Gasteiger partial charge is 0.178 e. The van der Waals surface area contributed by atoms with Crippen molar-refractivity contribution in [1.29, 1.82) is 0 Å². The number of rotatable bonds is 4. The average Bonchev–Trinajstić information content (AvgIpc) is 3.02. The molecule has 5 rings (SSSR count). The van der Waals surface area contributed by atoms with Crippen molar-refractivity contribution < 1.29 is 19.7 Å². The second-order valence-electron chi connectivity index (χ2n) is 13.0. The Hall–Kier alpha value is -0.970. The van der Waals surface area contributed by atoms with Gasteiger partial charge in [0.25, 0.3) is 0 Å². The summed E-state index contributed by atoms with van der Waals surface area (Å²) in [7, 11) is 0. The van der Waals surface area contributed by atoms with Crippen LogP contribution in [0.15, 0.2) is 23.8 Å². The van der Waals surface area contributed by atoms with Gasteiger partial charge < -0.3 is 14.9 Å². The van der Waals surface area contributed by atoms with Crippen molar-refractivity contribution in [3.8, 4) is 0 Å². The number of fused-ring (bicyclic) bond motifs is 5. The third kappa shape index (κ3) is 3.08. The van der Waals surface area contributed by atoms with Crippen LogP contribution in [0.25, 0.3) is 0 Å². The maximum Gasteiger partial charge on any atom is 0.178 e. The molecule has 4 aliphatic carbocycles. The fourth-order valence-corrected chi connectivity index (χ4v) is 8.75. The van der Waals surface area contributed by atoms with Crippen LogP contribution in [0.4, 0.5) is 0 Å². The third-order valence-corrected chi connectivity index (χ3v) is 11.2. The summed E-state index contributed by atoms with van der Waals surface area (Å²) in [5.74, 6) is 1.88. The monoisotopic (exact) mass is 442 g/mol. The highest BCUT2D eigenvalue weighted by atomic mass is 16.6. The maximum absolute atomic E-state index is 12.0. The fraction of sp³-hybridized carbons (Fsp3) is 0.821. The summed E-state index contributed by atoms with van der Waals surface area (Å²) in [6, 6.07) is 0. The van der Waals surface area contributed by atoms with Crippen molar-refractivity contribution in [3.63, 3.8) is 0 Å². The highest BCUT2D eigenvalue weighted by Gasteiger charge is 2.63. The number of hydrogen-bond donors (Lipinski definition) is 2. The van der Waals surface area contributed by atoms with E-state index >= 15 is 0 Å². The molecular weight excluding hydrogens is 400 g/mol. The summed E-state index contributed by atoms with van der Waals surface area (Å²) < 4.78 is 5.93. The summed E-state index contributed by atoms with van der Waals surface area (Å²) in [4.78, 5) is 12.0. The first-order chi connectivity index (χ1) is 14.8. The molecule has 10 atom stereocenters. The molecule has 1 aliphatic heterocycles. The standard InChI is InChI=1S/C28H42O4/c1-16(23(31)15-28(6)25(2,3)32-28)19-7-8-20-24-21(10-12-27(19,20)5)26(4)11-9-18(29)13-17(26)14-22(24)30/h9,11,13,16,19-24,30-31H,7-8,10,12,14-15H2,1-6H3. The van der Waals surface area contributed by atoms with Gasteiger partial charge in [0.1, 0.15) is 0 Å². The van der Waals surface area contributed by atoms with Crippen LogP contribution in [0, 0.1) is 40.4 Å². The summed E-state index contributed by atoms with van der Waals surface area (Å²) in [6.07, 6.45) is 10.7. The lowest BCUT2D eigenvalue weighted by molar-refractivity contribution is -0.113. The lowest BCUT2D eigenvalue weighted by Gasteiger charge is -2.59. The Balaban J connectivity index is 1.37. The average molecular weight is 443 g/mol. The number of ether oxygens (including phenoxy) is 1. The van der Waals surface area contributed by atoms with Gasteiger partial charge in [-0.15, -0.1) is 0 Å². The van der Waals surface area contributed by atoms with Gasteiger partial charge in [-0.25, -0.2) is 0 Å². The number of aliphatic hydroxyl groups excluding tert-OH is 2. The van der Waals surface area contributed by atoms with Crippen molar-refractivity contribution in [2.24, 2.45) is 40.4 Å². The molecular formula is C28H42O4. The van der Waals surface area contributed by atoms with Crippen LogP contribution < -0.4 is 0 Å². The van der Waals surface area contributed by atoms with Gasteiger partial charge in [0.2, 0.25) is 0 Å². The Morgan fingerprint density at radius 3 is 2.47 bits per heavy atom. The van der Waals surface area contributed by atoms with Gasteiger partial charge in [0, 0.05) is 11.8 Å². The molecule has 1 heterocycles. The Labute approximate surface area is 193 Å². The molecule has 0 aromatic rings. The van der Waals surface area contributed by atoms with Crippen molar-refractivity contribution in [1.82, 2.24) is 0 Å². The molecule has 32 heavy (non-hydrogen) atoms. The Kier molecular flexibility index (Phi) is 5.00. The SMILES string of the molecule is CC(C(O)CC1(C)OC1(C)C)C1CCC2C3C(O)CC4=CC(=O)C=CC4(C)C3CCC12C. The first-order valence-corrected chi connectivity index (χ1v) is 12.8. The normalized spacial score (nSPS) is 50.7. The maximum atomic E-state index is 12.0. The summed E-state index contributed by atoms with van der Waals surface area (Å²) in [5, 5.41) is 22.5. The van der Waals surface area contributed by atoms with E-state index in [2.05, 4.69) is 47.6 Å². The second-order valence-corrected chi connectivity index (χ2v) is 13.0. The molecule has 5 aliphatic rings. The first-order valence-electron chi connectivity index (χ1n) is 12.8. The quantitative estimate of drug-likeness (QED) is 0.612. The van der Waals surface area contributed by atoms with E-state index in [0.29, 0.717) is 30.6 Å². The number of ketones is 1. The Bertz CT molecular complexity index is 873. The van der Waals surface area contributed by atoms with Crippen LogP contribution in [0.3, 0.4) is 0 Å². The molecule has 178 valence electrons. The molecule has 4 nitrogen and oxygen atoms in total. The third-order valence-electron chi connectivity index (χ3n) is 11.2. The number of carbonyl (C=O) groups excluding carboxylic acids is 1. The van der Waals surface area contributed by atoms with Crippen LogP contribution in [-0.2, 0) is 9.53 Å². The van der Waals surface area contributed by atoms with Crippen molar-refractivity contribution >= 4 is 5.78 Å². The van der Waals surface area contributed by atoms with E-state index in [4.69, 9.17) is 4.74 Å². The Morgan fingerprint density at radius 2 is 1.81 bits per heavy atom. The van der Waals surface area contributed by atoms with Gasteiger partial charge >= 0.3 is 0 Å². The van der Waals surface area contributed by atoms with E-state index in [1.54, 1.807) is 12.2 Å². The van der Waals surface area contributed by atoms with Crippen LogP contribution in [-0.4, -0.2) is 39.4 Å². The molecule has 0 radical (unpaired) electrons. The summed E-state index contributed by atoms with van der Waals surface area (Å²) in [6.45, 7) is 13.3. The fourth-order valence-electron chi connectivity index (χ4n) is 8.75. The zero-order valence-corrected chi connectivity index (χ0v) is 20.7. The van der Waals surface area contributed by atoms with Gasteiger partial charge in [0.05, 0.1) is 23.4 Å². The molecule has 0 aromatic heterocycles. The highest BCUT2D eigenvalue weighted by Crippen LogP contribution is 2.67. The Morgan fingerprint density at radius 1 is 1.12 bits per heavy atom. The molecule has 10 unspecified atom stereocenters. The van der Waals surface area contributed by atoms with Gasteiger partial charge in [-0.1, -0.05) is 32.4 Å².